The van der Waals surface area contributed by atoms with Crippen molar-refractivity contribution in [3.63, 3.8) is 0 Å². The number of allylic oxidation sites excluding steroid dienone is 1. The molecule has 0 spiro atoms. The lowest BCUT2D eigenvalue weighted by Crippen LogP contribution is -2.45. The second kappa shape index (κ2) is 8.90. The van der Waals surface area contributed by atoms with Crippen LogP contribution >= 0.6 is 0 Å². The molecule has 1 atom stereocenters. The topological polar surface area (TPSA) is 141 Å². The van der Waals surface area contributed by atoms with Gasteiger partial charge in [-0.15, -0.1) is 0 Å². The van der Waals surface area contributed by atoms with Crippen LogP contribution in [-0.2, 0) is 14.3 Å². The summed E-state index contributed by atoms with van der Waals surface area (Å²) in [5.41, 5.74) is 3.23. The molecule has 3 amide bonds. The maximum absolute atomic E-state index is 12.3. The van der Waals surface area contributed by atoms with Gasteiger partial charge in [-0.05, 0) is 31.5 Å². The van der Waals surface area contributed by atoms with E-state index in [9.17, 15) is 14.4 Å². The van der Waals surface area contributed by atoms with Crippen molar-refractivity contribution in [1.82, 2.24) is 16.1 Å². The Hall–Kier alpha value is -3.27. The number of nitrogens with two attached hydrogens (primary N) is 1. The van der Waals surface area contributed by atoms with Gasteiger partial charge in [-0.2, -0.15) is 0 Å². The van der Waals surface area contributed by atoms with E-state index in [0.717, 1.165) is 0 Å². The lowest BCUT2D eigenvalue weighted by atomic mass is 9.95. The molecule has 0 fully saturated rings. The Balaban J connectivity index is 2.36. The summed E-state index contributed by atoms with van der Waals surface area (Å²) in [5, 5.41) is 5.26. The Morgan fingerprint density at radius 1 is 1.30 bits per heavy atom. The van der Waals surface area contributed by atoms with Crippen LogP contribution in [0.25, 0.3) is 0 Å². The molecular weight excluding hydrogens is 356 g/mol. The average molecular weight is 378 g/mol. The maximum Gasteiger partial charge on any atom is 0.338 e. The second-order valence-corrected chi connectivity index (χ2v) is 5.56. The van der Waals surface area contributed by atoms with Crippen LogP contribution in [0.15, 0.2) is 29.5 Å². The molecule has 10 nitrogen and oxygen atoms in total. The van der Waals surface area contributed by atoms with Crippen molar-refractivity contribution < 1.29 is 28.6 Å². The Morgan fingerprint density at radius 2 is 2.04 bits per heavy atom. The van der Waals surface area contributed by atoms with Crippen molar-refractivity contribution in [2.45, 2.75) is 19.9 Å². The van der Waals surface area contributed by atoms with Gasteiger partial charge >= 0.3 is 12.0 Å². The number of rotatable bonds is 7. The number of nitrogens with one attached hydrogen (secondary N) is 3. The Kier molecular flexibility index (Phi) is 6.61. The van der Waals surface area contributed by atoms with Crippen molar-refractivity contribution in [2.75, 3.05) is 20.3 Å². The lowest BCUT2D eigenvalue weighted by Gasteiger charge is -2.28. The van der Waals surface area contributed by atoms with Crippen LogP contribution in [0.2, 0.25) is 0 Å². The molecule has 0 aromatic heterocycles. The zero-order valence-electron chi connectivity index (χ0n) is 15.3. The van der Waals surface area contributed by atoms with Gasteiger partial charge in [0.05, 0.1) is 25.3 Å². The highest BCUT2D eigenvalue weighted by molar-refractivity contribution is 5.95. The van der Waals surface area contributed by atoms with Gasteiger partial charge in [0, 0.05) is 5.70 Å². The Bertz CT molecular complexity index is 777. The van der Waals surface area contributed by atoms with Crippen molar-refractivity contribution in [1.29, 1.82) is 0 Å². The predicted octanol–water partition coefficient (Wildman–Crippen LogP) is 0.255. The number of carbonyl (C=O) groups excluding carboxylic acids is 3. The summed E-state index contributed by atoms with van der Waals surface area (Å²) in [7, 11) is 1.43. The molecule has 0 aliphatic carbocycles. The number of methoxy groups -OCH3 is 1. The summed E-state index contributed by atoms with van der Waals surface area (Å²) in [4.78, 5) is 35.5. The molecule has 0 saturated carbocycles. The minimum atomic E-state index is -0.729. The molecule has 146 valence electrons. The van der Waals surface area contributed by atoms with Crippen LogP contribution in [0.1, 0.15) is 25.5 Å². The van der Waals surface area contributed by atoms with E-state index in [1.54, 1.807) is 32.0 Å². The van der Waals surface area contributed by atoms with E-state index in [4.69, 9.17) is 20.1 Å². The third kappa shape index (κ3) is 4.67. The Morgan fingerprint density at radius 3 is 2.67 bits per heavy atom. The summed E-state index contributed by atoms with van der Waals surface area (Å²) in [6.45, 7) is 3.24. The molecule has 0 saturated heterocycles. The van der Waals surface area contributed by atoms with Crippen LogP contribution < -0.4 is 31.4 Å². The molecule has 10 heteroatoms. The van der Waals surface area contributed by atoms with Gasteiger partial charge in [0.1, 0.15) is 0 Å². The highest BCUT2D eigenvalue weighted by Gasteiger charge is 2.32. The summed E-state index contributed by atoms with van der Waals surface area (Å²) in [6.07, 6.45) is 0. The van der Waals surface area contributed by atoms with E-state index >= 15 is 0 Å². The number of hydrazine groups is 1. The van der Waals surface area contributed by atoms with Gasteiger partial charge < -0.3 is 24.8 Å². The third-order valence-electron chi connectivity index (χ3n) is 3.81. The first kappa shape index (κ1) is 20.0. The number of carbonyl (C=O) groups is 3. The fraction of sp³-hybridized carbons (Fsp3) is 0.353. The normalized spacial score (nSPS) is 16.1. The number of benzene rings is 1. The molecule has 2 rings (SSSR count). The third-order valence-corrected chi connectivity index (χ3v) is 3.81. The van der Waals surface area contributed by atoms with Crippen LogP contribution in [-0.4, -0.2) is 38.2 Å². The minimum Gasteiger partial charge on any atom is -0.493 e. The van der Waals surface area contributed by atoms with Crippen LogP contribution in [0.4, 0.5) is 4.79 Å². The fourth-order valence-electron chi connectivity index (χ4n) is 2.59. The molecule has 1 aromatic rings. The van der Waals surface area contributed by atoms with E-state index in [1.807, 2.05) is 5.43 Å². The van der Waals surface area contributed by atoms with Crippen molar-refractivity contribution >= 4 is 17.9 Å². The highest BCUT2D eigenvalue weighted by atomic mass is 16.5. The molecule has 1 aliphatic heterocycles. The predicted molar refractivity (Wildman–Crippen MR) is 94.6 cm³/mol. The quantitative estimate of drug-likeness (QED) is 0.231. The van der Waals surface area contributed by atoms with E-state index in [0.29, 0.717) is 22.8 Å². The monoisotopic (exact) mass is 378 g/mol. The Labute approximate surface area is 156 Å². The van der Waals surface area contributed by atoms with Crippen molar-refractivity contribution in [3.05, 3.63) is 35.0 Å². The first-order valence-corrected chi connectivity index (χ1v) is 8.16. The molecule has 1 aliphatic rings. The van der Waals surface area contributed by atoms with Gasteiger partial charge in [-0.25, -0.2) is 15.4 Å². The van der Waals surface area contributed by atoms with Gasteiger partial charge in [0.15, 0.2) is 18.1 Å². The molecule has 0 radical (unpaired) electrons. The van der Waals surface area contributed by atoms with E-state index in [2.05, 4.69) is 10.6 Å². The number of urea groups is 1. The van der Waals surface area contributed by atoms with Crippen LogP contribution in [0, 0.1) is 0 Å². The number of amides is 3. The number of hydrogen-bond donors (Lipinski definition) is 4. The first-order valence-electron chi connectivity index (χ1n) is 8.16. The van der Waals surface area contributed by atoms with Gasteiger partial charge in [-0.1, -0.05) is 6.07 Å². The largest absolute Gasteiger partial charge is 0.493 e. The summed E-state index contributed by atoms with van der Waals surface area (Å²) in [6, 6.07) is 3.67. The molecule has 0 unspecified atom stereocenters. The molecule has 0 bridgehead atoms. The van der Waals surface area contributed by atoms with E-state index in [-0.39, 0.29) is 18.8 Å². The summed E-state index contributed by atoms with van der Waals surface area (Å²) in [5.74, 6) is 4.61. The standard InChI is InChI=1S/C17H22N4O6/c1-4-26-16(23)14-9(2)19-17(24)20-15(14)10-5-6-11(12(7-10)25-3)27-8-13(22)21-18/h5-7,15H,4,8,18H2,1-3H3,(H,21,22)(H2,19,20,24)/t15-/m0/s1. The van der Waals surface area contributed by atoms with Crippen LogP contribution in [0.5, 0.6) is 11.5 Å². The second-order valence-electron chi connectivity index (χ2n) is 5.56. The summed E-state index contributed by atoms with van der Waals surface area (Å²) < 4.78 is 15.7. The van der Waals surface area contributed by atoms with Crippen molar-refractivity contribution in [3.8, 4) is 11.5 Å². The van der Waals surface area contributed by atoms with Crippen LogP contribution in [0.3, 0.4) is 0 Å². The van der Waals surface area contributed by atoms with Gasteiger partial charge in [-0.3, -0.25) is 10.2 Å². The van der Waals surface area contributed by atoms with Gasteiger partial charge in [0.2, 0.25) is 0 Å². The molecule has 5 N–H and O–H groups in total. The SMILES string of the molecule is CCOC(=O)C1=C(C)NC(=O)N[C@H]1c1ccc(OCC(=O)NN)c(OC)c1. The van der Waals surface area contributed by atoms with E-state index in [1.165, 1.54) is 7.11 Å². The fourth-order valence-corrected chi connectivity index (χ4v) is 2.59. The molecule has 1 aromatic carbocycles. The zero-order valence-corrected chi connectivity index (χ0v) is 15.3. The van der Waals surface area contributed by atoms with E-state index < -0.39 is 23.9 Å². The zero-order chi connectivity index (χ0) is 20.0. The van der Waals surface area contributed by atoms with Gasteiger partial charge in [0.25, 0.3) is 5.91 Å². The minimum absolute atomic E-state index is 0.204. The lowest BCUT2D eigenvalue weighted by molar-refractivity contribution is -0.139. The smallest absolute Gasteiger partial charge is 0.338 e. The maximum atomic E-state index is 12.3. The number of hydrogen-bond acceptors (Lipinski definition) is 7. The molecular formula is C17H22N4O6. The summed E-state index contributed by atoms with van der Waals surface area (Å²) >= 11 is 0. The number of esters is 1. The number of ether oxygens (including phenoxy) is 3. The highest BCUT2D eigenvalue weighted by Crippen LogP contribution is 2.34. The first-order chi connectivity index (χ1) is 12.9. The van der Waals surface area contributed by atoms with Crippen molar-refractivity contribution in [2.24, 2.45) is 5.84 Å². The molecule has 1 heterocycles. The molecule has 27 heavy (non-hydrogen) atoms. The average Bonchev–Trinajstić information content (AvgIpc) is 2.65.